The number of carbonyl (C=O) groups excluding carboxylic acids is 1. The van der Waals surface area contributed by atoms with E-state index in [9.17, 15) is 15.0 Å². The highest BCUT2D eigenvalue weighted by Crippen LogP contribution is 2.46. The van der Waals surface area contributed by atoms with Gasteiger partial charge in [-0.2, -0.15) is 5.10 Å². The number of aromatic amines is 1. The van der Waals surface area contributed by atoms with E-state index in [1.165, 1.54) is 13.2 Å². The lowest BCUT2D eigenvalue weighted by Gasteiger charge is -2.27. The van der Waals surface area contributed by atoms with Crippen molar-refractivity contribution in [2.24, 2.45) is 0 Å². The number of carbonyl (C=O) groups is 1. The van der Waals surface area contributed by atoms with Gasteiger partial charge in [0, 0.05) is 17.7 Å². The molecule has 0 aliphatic carbocycles. The molecule has 9 nitrogen and oxygen atoms in total. The quantitative estimate of drug-likeness (QED) is 0.403. The molecule has 176 valence electrons. The molecule has 2 aliphatic rings. The molecule has 3 heterocycles. The molecule has 0 saturated carbocycles. The molecule has 3 N–H and O–H groups in total. The predicted molar refractivity (Wildman–Crippen MR) is 125 cm³/mol. The molecule has 35 heavy (non-hydrogen) atoms. The van der Waals surface area contributed by atoms with Gasteiger partial charge >= 0.3 is 0 Å². The first-order chi connectivity index (χ1) is 17.0. The SMILES string of the molecule is COc1cc([C@H]2c3c(-c4ccccc4O)n[nH]c3C(=O)N2Cc2ccc3c(c2)OCO3)ccc1O. The summed E-state index contributed by atoms with van der Waals surface area (Å²) in [6.45, 7) is 0.448. The van der Waals surface area contributed by atoms with E-state index in [0.717, 1.165) is 11.1 Å². The van der Waals surface area contributed by atoms with E-state index in [1.54, 1.807) is 41.3 Å². The summed E-state index contributed by atoms with van der Waals surface area (Å²) < 4.78 is 16.2. The molecule has 9 heteroatoms. The molecular formula is C26H21N3O6. The van der Waals surface area contributed by atoms with Crippen molar-refractivity contribution in [1.82, 2.24) is 15.1 Å². The number of rotatable bonds is 5. The Labute approximate surface area is 200 Å². The summed E-state index contributed by atoms with van der Waals surface area (Å²) in [5.41, 5.74) is 3.58. The Morgan fingerprint density at radius 3 is 2.71 bits per heavy atom. The number of H-pyrrole nitrogens is 1. The fourth-order valence-electron chi connectivity index (χ4n) is 4.69. The topological polar surface area (TPSA) is 117 Å². The number of nitrogens with zero attached hydrogens (tertiary/aromatic N) is 2. The van der Waals surface area contributed by atoms with Crippen LogP contribution in [0.25, 0.3) is 11.3 Å². The maximum Gasteiger partial charge on any atom is 0.273 e. The van der Waals surface area contributed by atoms with Crippen molar-refractivity contribution in [2.75, 3.05) is 13.9 Å². The fourth-order valence-corrected chi connectivity index (χ4v) is 4.69. The highest BCUT2D eigenvalue weighted by molar-refractivity contribution is 6.00. The lowest BCUT2D eigenvalue weighted by Crippen LogP contribution is -2.29. The average Bonchev–Trinajstić information content (AvgIpc) is 3.57. The van der Waals surface area contributed by atoms with Crippen molar-refractivity contribution in [3.63, 3.8) is 0 Å². The monoisotopic (exact) mass is 471 g/mol. The van der Waals surface area contributed by atoms with E-state index >= 15 is 0 Å². The minimum atomic E-state index is -0.550. The number of para-hydroxylation sites is 1. The first-order valence-corrected chi connectivity index (χ1v) is 11.0. The van der Waals surface area contributed by atoms with Gasteiger partial charge in [0.2, 0.25) is 6.79 Å². The number of phenolic OH excluding ortho intramolecular Hbond substituents is 2. The molecule has 0 saturated heterocycles. The average molecular weight is 471 g/mol. The van der Waals surface area contributed by atoms with E-state index in [4.69, 9.17) is 14.2 Å². The molecule has 1 atom stereocenters. The Kier molecular flexibility index (Phi) is 4.77. The summed E-state index contributed by atoms with van der Waals surface area (Å²) in [6, 6.07) is 16.9. The normalized spacial score (nSPS) is 16.0. The molecule has 1 amide bonds. The Balaban J connectivity index is 1.49. The number of ether oxygens (including phenoxy) is 3. The summed E-state index contributed by atoms with van der Waals surface area (Å²) >= 11 is 0. The number of benzene rings is 3. The largest absolute Gasteiger partial charge is 0.507 e. The van der Waals surface area contributed by atoms with E-state index < -0.39 is 6.04 Å². The van der Waals surface area contributed by atoms with E-state index in [-0.39, 0.29) is 30.7 Å². The summed E-state index contributed by atoms with van der Waals surface area (Å²) in [5.74, 6) is 1.41. The van der Waals surface area contributed by atoms with Gasteiger partial charge in [-0.05, 0) is 47.5 Å². The van der Waals surface area contributed by atoms with Crippen LogP contribution in [0.1, 0.15) is 33.2 Å². The van der Waals surface area contributed by atoms with Gasteiger partial charge in [0.05, 0.1) is 13.2 Å². The second kappa shape index (κ2) is 7.98. The van der Waals surface area contributed by atoms with Gasteiger partial charge in [-0.1, -0.05) is 24.3 Å². The number of aromatic hydroxyl groups is 2. The van der Waals surface area contributed by atoms with Crippen LogP contribution in [0.4, 0.5) is 0 Å². The highest BCUT2D eigenvalue weighted by Gasteiger charge is 2.43. The molecule has 2 aliphatic heterocycles. The van der Waals surface area contributed by atoms with Crippen LogP contribution in [0.2, 0.25) is 0 Å². The Morgan fingerprint density at radius 2 is 1.89 bits per heavy atom. The van der Waals surface area contributed by atoms with Gasteiger partial charge in [-0.3, -0.25) is 9.89 Å². The van der Waals surface area contributed by atoms with Crippen LogP contribution in [0, 0.1) is 0 Å². The van der Waals surface area contributed by atoms with Crippen molar-refractivity contribution in [3.8, 4) is 40.0 Å². The third kappa shape index (κ3) is 3.31. The van der Waals surface area contributed by atoms with Gasteiger partial charge in [0.15, 0.2) is 23.0 Å². The van der Waals surface area contributed by atoms with Crippen molar-refractivity contribution in [3.05, 3.63) is 83.0 Å². The lowest BCUT2D eigenvalue weighted by molar-refractivity contribution is 0.0729. The zero-order valence-electron chi connectivity index (χ0n) is 18.7. The predicted octanol–water partition coefficient (Wildman–Crippen LogP) is 3.97. The van der Waals surface area contributed by atoms with Crippen LogP contribution in [0.15, 0.2) is 60.7 Å². The molecule has 4 aromatic rings. The van der Waals surface area contributed by atoms with Crippen LogP contribution < -0.4 is 14.2 Å². The highest BCUT2D eigenvalue weighted by atomic mass is 16.7. The molecule has 0 unspecified atom stereocenters. The van der Waals surface area contributed by atoms with Crippen LogP contribution in [-0.2, 0) is 6.54 Å². The summed E-state index contributed by atoms with van der Waals surface area (Å²) in [7, 11) is 1.47. The number of hydrogen-bond donors (Lipinski definition) is 3. The zero-order chi connectivity index (χ0) is 24.1. The number of hydrogen-bond acceptors (Lipinski definition) is 7. The maximum absolute atomic E-state index is 13.6. The zero-order valence-corrected chi connectivity index (χ0v) is 18.7. The van der Waals surface area contributed by atoms with Gasteiger partial charge in [0.25, 0.3) is 5.91 Å². The number of fused-ring (bicyclic) bond motifs is 2. The van der Waals surface area contributed by atoms with Crippen molar-refractivity contribution in [1.29, 1.82) is 0 Å². The first kappa shape index (κ1) is 20.9. The summed E-state index contributed by atoms with van der Waals surface area (Å²) in [4.78, 5) is 15.3. The van der Waals surface area contributed by atoms with Crippen LogP contribution >= 0.6 is 0 Å². The van der Waals surface area contributed by atoms with Gasteiger partial charge in [-0.15, -0.1) is 0 Å². The number of amides is 1. The van der Waals surface area contributed by atoms with Crippen molar-refractivity contribution < 1.29 is 29.2 Å². The van der Waals surface area contributed by atoms with Crippen molar-refractivity contribution >= 4 is 5.91 Å². The molecule has 0 spiro atoms. The Morgan fingerprint density at radius 1 is 1.06 bits per heavy atom. The maximum atomic E-state index is 13.6. The van der Waals surface area contributed by atoms with E-state index in [0.29, 0.717) is 39.8 Å². The lowest BCUT2D eigenvalue weighted by atomic mass is 9.95. The van der Waals surface area contributed by atoms with Crippen LogP contribution in [0.5, 0.6) is 28.7 Å². The molecule has 0 radical (unpaired) electrons. The Bertz CT molecular complexity index is 1460. The van der Waals surface area contributed by atoms with Gasteiger partial charge < -0.3 is 29.3 Å². The minimum absolute atomic E-state index is 0.00348. The second-order valence-electron chi connectivity index (χ2n) is 8.33. The minimum Gasteiger partial charge on any atom is -0.507 e. The standard InChI is InChI=1S/C26H21N3O6/c1-33-20-11-15(7-8-18(20)31)25-22-23(16-4-2-3-5-17(16)30)27-28-24(22)26(32)29(25)12-14-6-9-19-21(10-14)35-13-34-19/h2-11,25,30-31H,12-13H2,1H3,(H,27,28)/t25-/m0/s1. The smallest absolute Gasteiger partial charge is 0.273 e. The third-order valence-corrected chi connectivity index (χ3v) is 6.33. The van der Waals surface area contributed by atoms with Gasteiger partial charge in [0.1, 0.15) is 17.1 Å². The summed E-state index contributed by atoms with van der Waals surface area (Å²) in [5, 5.41) is 28.0. The molecular weight excluding hydrogens is 450 g/mol. The van der Waals surface area contributed by atoms with Crippen LogP contribution in [-0.4, -0.2) is 45.1 Å². The molecule has 3 aromatic carbocycles. The molecule has 0 bridgehead atoms. The van der Waals surface area contributed by atoms with Gasteiger partial charge in [-0.25, -0.2) is 0 Å². The molecule has 0 fully saturated rings. The summed E-state index contributed by atoms with van der Waals surface area (Å²) in [6.07, 6.45) is 0. The number of phenols is 2. The second-order valence-corrected chi connectivity index (χ2v) is 8.33. The number of aromatic nitrogens is 2. The first-order valence-electron chi connectivity index (χ1n) is 11.0. The van der Waals surface area contributed by atoms with Crippen molar-refractivity contribution in [2.45, 2.75) is 12.6 Å². The molecule has 6 rings (SSSR count). The number of methoxy groups -OCH3 is 1. The van der Waals surface area contributed by atoms with E-state index in [1.807, 2.05) is 18.2 Å². The molecule has 1 aromatic heterocycles. The number of nitrogens with one attached hydrogen (secondary N) is 1. The Hall–Kier alpha value is -4.66. The fraction of sp³-hybridized carbons (Fsp3) is 0.154. The van der Waals surface area contributed by atoms with E-state index in [2.05, 4.69) is 10.2 Å². The van der Waals surface area contributed by atoms with Crippen LogP contribution in [0.3, 0.4) is 0 Å². The third-order valence-electron chi connectivity index (χ3n) is 6.33.